The van der Waals surface area contributed by atoms with E-state index in [0.717, 1.165) is 5.56 Å². The summed E-state index contributed by atoms with van der Waals surface area (Å²) in [4.78, 5) is 22.7. The predicted octanol–water partition coefficient (Wildman–Crippen LogP) is 1.25. The Labute approximate surface area is 101 Å². The highest BCUT2D eigenvalue weighted by molar-refractivity contribution is 5.95. The zero-order valence-corrected chi connectivity index (χ0v) is 10.2. The molecule has 92 valence electrons. The fraction of sp³-hybridized carbons (Fsp3) is 0.385. The van der Waals surface area contributed by atoms with Crippen LogP contribution in [0.2, 0.25) is 0 Å². The van der Waals surface area contributed by atoms with Crippen LogP contribution in [0.3, 0.4) is 0 Å². The summed E-state index contributed by atoms with van der Waals surface area (Å²) in [6.07, 6.45) is 0.464. The molecular formula is C13H18N2O2. The molecule has 0 radical (unpaired) electrons. The molecule has 0 aliphatic carbocycles. The second-order valence-electron chi connectivity index (χ2n) is 3.77. The van der Waals surface area contributed by atoms with Crippen molar-refractivity contribution in [1.29, 1.82) is 0 Å². The van der Waals surface area contributed by atoms with Gasteiger partial charge in [-0.2, -0.15) is 0 Å². The number of nitrogens with one attached hydrogen (secondary N) is 2. The van der Waals surface area contributed by atoms with Crippen molar-refractivity contribution < 1.29 is 9.59 Å². The van der Waals surface area contributed by atoms with Crippen LogP contribution in [0.1, 0.15) is 29.3 Å². The summed E-state index contributed by atoms with van der Waals surface area (Å²) in [5, 5.41) is 5.47. The van der Waals surface area contributed by atoms with Gasteiger partial charge < -0.3 is 10.6 Å². The summed E-state index contributed by atoms with van der Waals surface area (Å²) in [5.74, 6) is -0.107. The third kappa shape index (κ3) is 4.26. The van der Waals surface area contributed by atoms with Crippen LogP contribution < -0.4 is 10.6 Å². The van der Waals surface area contributed by atoms with Crippen molar-refractivity contribution in [1.82, 2.24) is 10.6 Å². The van der Waals surface area contributed by atoms with Crippen molar-refractivity contribution in [3.8, 4) is 0 Å². The van der Waals surface area contributed by atoms with Crippen molar-refractivity contribution in [2.24, 2.45) is 0 Å². The highest BCUT2D eigenvalue weighted by Crippen LogP contribution is 2.05. The molecule has 4 nitrogen and oxygen atoms in total. The number of hydrogen-bond donors (Lipinski definition) is 2. The molecule has 0 unspecified atom stereocenters. The molecule has 2 amide bonds. The molecule has 0 aliphatic heterocycles. The van der Waals surface area contributed by atoms with Crippen LogP contribution in [0.5, 0.6) is 0 Å². The molecule has 1 rings (SSSR count). The van der Waals surface area contributed by atoms with E-state index in [2.05, 4.69) is 10.6 Å². The van der Waals surface area contributed by atoms with Gasteiger partial charge in [-0.25, -0.2) is 0 Å². The van der Waals surface area contributed by atoms with E-state index in [0.29, 0.717) is 25.1 Å². The molecule has 0 fully saturated rings. The van der Waals surface area contributed by atoms with Gasteiger partial charge >= 0.3 is 0 Å². The Morgan fingerprint density at radius 3 is 2.41 bits per heavy atom. The van der Waals surface area contributed by atoms with Crippen LogP contribution in [0.25, 0.3) is 0 Å². The second kappa shape index (κ2) is 6.68. The molecule has 4 heteroatoms. The lowest BCUT2D eigenvalue weighted by molar-refractivity contribution is -0.120. The first kappa shape index (κ1) is 13.2. The number of aryl methyl sites for hydroxylation is 1. The lowest BCUT2D eigenvalue weighted by Crippen LogP contribution is -2.34. The molecule has 0 atom stereocenters. The topological polar surface area (TPSA) is 58.2 Å². The fourth-order valence-corrected chi connectivity index (χ4v) is 1.43. The lowest BCUT2D eigenvalue weighted by Gasteiger charge is -2.08. The van der Waals surface area contributed by atoms with Crippen molar-refractivity contribution in [2.75, 3.05) is 13.1 Å². The van der Waals surface area contributed by atoms with Gasteiger partial charge in [0.05, 0.1) is 0 Å². The Morgan fingerprint density at radius 1 is 1.12 bits per heavy atom. The molecular weight excluding hydrogens is 216 g/mol. The maximum absolute atomic E-state index is 11.8. The Morgan fingerprint density at radius 2 is 1.76 bits per heavy atom. The van der Waals surface area contributed by atoms with E-state index >= 15 is 0 Å². The van der Waals surface area contributed by atoms with Crippen LogP contribution >= 0.6 is 0 Å². The first-order chi connectivity index (χ1) is 8.15. The van der Waals surface area contributed by atoms with Crippen molar-refractivity contribution >= 4 is 11.8 Å². The molecule has 1 aromatic rings. The largest absolute Gasteiger partial charge is 0.354 e. The zero-order chi connectivity index (χ0) is 12.7. The first-order valence-electron chi connectivity index (χ1n) is 5.75. The monoisotopic (exact) mass is 234 g/mol. The minimum absolute atomic E-state index is 0.00450. The predicted molar refractivity (Wildman–Crippen MR) is 66.8 cm³/mol. The van der Waals surface area contributed by atoms with Crippen LogP contribution in [0.15, 0.2) is 24.3 Å². The van der Waals surface area contributed by atoms with Gasteiger partial charge in [-0.15, -0.1) is 0 Å². The van der Waals surface area contributed by atoms with E-state index in [-0.39, 0.29) is 11.8 Å². The molecule has 0 saturated carbocycles. The number of carbonyl (C=O) groups excluding carboxylic acids is 2. The number of carbonyl (C=O) groups is 2. The molecule has 1 aromatic carbocycles. The lowest BCUT2D eigenvalue weighted by atomic mass is 10.1. The van der Waals surface area contributed by atoms with E-state index in [1.807, 2.05) is 25.1 Å². The fourth-order valence-electron chi connectivity index (χ4n) is 1.43. The second-order valence-corrected chi connectivity index (χ2v) is 3.77. The molecule has 0 heterocycles. The van der Waals surface area contributed by atoms with Gasteiger partial charge in [0.1, 0.15) is 0 Å². The van der Waals surface area contributed by atoms with Gasteiger partial charge in [0, 0.05) is 25.1 Å². The van der Waals surface area contributed by atoms with Gasteiger partial charge in [-0.3, -0.25) is 9.59 Å². The molecule has 0 saturated heterocycles. The number of benzene rings is 1. The standard InChI is InChI=1S/C13H18N2O2/c1-3-12(16)14-8-9-15-13(17)11-7-5-4-6-10(11)2/h4-7H,3,8-9H2,1-2H3,(H,14,16)(H,15,17). The maximum Gasteiger partial charge on any atom is 0.251 e. The normalized spacial score (nSPS) is 9.76. The smallest absolute Gasteiger partial charge is 0.251 e. The molecule has 0 bridgehead atoms. The van der Waals surface area contributed by atoms with Crippen LogP contribution in [-0.4, -0.2) is 24.9 Å². The van der Waals surface area contributed by atoms with Crippen molar-refractivity contribution in [3.63, 3.8) is 0 Å². The summed E-state index contributed by atoms with van der Waals surface area (Å²) >= 11 is 0. The number of rotatable bonds is 5. The summed E-state index contributed by atoms with van der Waals surface area (Å²) in [7, 11) is 0. The minimum atomic E-state index is -0.103. The third-order valence-corrected chi connectivity index (χ3v) is 2.44. The van der Waals surface area contributed by atoms with E-state index in [4.69, 9.17) is 0 Å². The van der Waals surface area contributed by atoms with Gasteiger partial charge in [-0.1, -0.05) is 25.1 Å². The summed E-state index contributed by atoms with van der Waals surface area (Å²) in [6, 6.07) is 7.41. The highest BCUT2D eigenvalue weighted by Gasteiger charge is 2.06. The maximum atomic E-state index is 11.8. The molecule has 0 aromatic heterocycles. The van der Waals surface area contributed by atoms with Crippen LogP contribution in [0, 0.1) is 6.92 Å². The van der Waals surface area contributed by atoms with Gasteiger partial charge in [0.2, 0.25) is 5.91 Å². The number of hydrogen-bond acceptors (Lipinski definition) is 2. The Balaban J connectivity index is 2.36. The highest BCUT2D eigenvalue weighted by atomic mass is 16.2. The van der Waals surface area contributed by atoms with Gasteiger partial charge in [0.25, 0.3) is 5.91 Å². The van der Waals surface area contributed by atoms with Crippen LogP contribution in [0.4, 0.5) is 0 Å². The van der Waals surface area contributed by atoms with E-state index in [1.165, 1.54) is 0 Å². The molecule has 17 heavy (non-hydrogen) atoms. The quantitative estimate of drug-likeness (QED) is 0.753. The zero-order valence-electron chi connectivity index (χ0n) is 10.2. The van der Waals surface area contributed by atoms with Crippen molar-refractivity contribution in [3.05, 3.63) is 35.4 Å². The SMILES string of the molecule is CCC(=O)NCCNC(=O)c1ccccc1C. The minimum Gasteiger partial charge on any atom is -0.354 e. The number of amides is 2. The summed E-state index contributed by atoms with van der Waals surface area (Å²) in [6.45, 7) is 4.60. The third-order valence-electron chi connectivity index (χ3n) is 2.44. The molecule has 2 N–H and O–H groups in total. The van der Waals surface area contributed by atoms with Gasteiger partial charge in [0.15, 0.2) is 0 Å². The van der Waals surface area contributed by atoms with E-state index in [9.17, 15) is 9.59 Å². The molecule has 0 aliphatic rings. The van der Waals surface area contributed by atoms with E-state index < -0.39 is 0 Å². The Bertz CT molecular complexity index is 402. The van der Waals surface area contributed by atoms with Crippen LogP contribution in [-0.2, 0) is 4.79 Å². The molecule has 0 spiro atoms. The Kier molecular flexibility index (Phi) is 5.20. The first-order valence-corrected chi connectivity index (χ1v) is 5.75. The summed E-state index contributed by atoms with van der Waals surface area (Å²) < 4.78 is 0. The van der Waals surface area contributed by atoms with Crippen molar-refractivity contribution in [2.45, 2.75) is 20.3 Å². The average Bonchev–Trinajstić information content (AvgIpc) is 2.34. The van der Waals surface area contributed by atoms with Gasteiger partial charge in [-0.05, 0) is 18.6 Å². The average molecular weight is 234 g/mol. The summed E-state index contributed by atoms with van der Waals surface area (Å²) in [5.41, 5.74) is 1.62. The van der Waals surface area contributed by atoms with E-state index in [1.54, 1.807) is 13.0 Å². The Hall–Kier alpha value is -1.84.